The number of anilines is 2. The highest BCUT2D eigenvalue weighted by molar-refractivity contribution is 7.80. The maximum absolute atomic E-state index is 12.8. The van der Waals surface area contributed by atoms with Crippen molar-refractivity contribution in [2.24, 2.45) is 0 Å². The number of rotatable bonds is 5. The van der Waals surface area contributed by atoms with Crippen LogP contribution in [0.2, 0.25) is 0 Å². The summed E-state index contributed by atoms with van der Waals surface area (Å²) in [5, 5.41) is 20.8. The van der Waals surface area contributed by atoms with Gasteiger partial charge in [-0.1, -0.05) is 12.1 Å². The van der Waals surface area contributed by atoms with Gasteiger partial charge in [-0.2, -0.15) is 18.3 Å². The summed E-state index contributed by atoms with van der Waals surface area (Å²) in [6.45, 7) is 0.161. The third-order valence-corrected chi connectivity index (χ3v) is 4.03. The fourth-order valence-electron chi connectivity index (χ4n) is 2.51. The zero-order chi connectivity index (χ0) is 21.0. The number of hydrogen-bond acceptors (Lipinski definition) is 4. The first-order valence-electron chi connectivity index (χ1n) is 8.22. The van der Waals surface area contributed by atoms with Crippen LogP contribution in [0.1, 0.15) is 11.1 Å². The molecule has 0 saturated carbocycles. The Labute approximate surface area is 168 Å². The maximum atomic E-state index is 12.8. The van der Waals surface area contributed by atoms with Crippen LogP contribution in [0.4, 0.5) is 30.2 Å². The molecule has 150 valence electrons. The van der Waals surface area contributed by atoms with Gasteiger partial charge < -0.3 is 10.6 Å². The minimum absolute atomic E-state index is 0.0368. The Morgan fingerprint density at radius 1 is 1.14 bits per heavy atom. The van der Waals surface area contributed by atoms with E-state index in [1.807, 2.05) is 0 Å². The van der Waals surface area contributed by atoms with E-state index in [0.29, 0.717) is 16.9 Å². The van der Waals surface area contributed by atoms with Gasteiger partial charge in [-0.15, -0.1) is 0 Å². The van der Waals surface area contributed by atoms with Crippen LogP contribution in [-0.2, 0) is 12.7 Å². The molecular weight excluding hydrogens is 407 g/mol. The van der Waals surface area contributed by atoms with Gasteiger partial charge in [0.05, 0.1) is 28.9 Å². The van der Waals surface area contributed by atoms with E-state index in [-0.39, 0.29) is 17.3 Å². The topological polar surface area (TPSA) is 85.0 Å². The molecule has 0 aliphatic carbocycles. The summed E-state index contributed by atoms with van der Waals surface area (Å²) < 4.78 is 39.9. The monoisotopic (exact) mass is 421 g/mol. The third-order valence-electron chi connectivity index (χ3n) is 3.83. The van der Waals surface area contributed by atoms with Crippen LogP contribution >= 0.6 is 12.2 Å². The van der Waals surface area contributed by atoms with E-state index < -0.39 is 16.7 Å². The lowest BCUT2D eigenvalue weighted by Crippen LogP contribution is -2.18. The third kappa shape index (κ3) is 5.51. The number of non-ortho nitro benzene ring substituents is 1. The van der Waals surface area contributed by atoms with E-state index in [2.05, 4.69) is 15.7 Å². The van der Waals surface area contributed by atoms with Crippen molar-refractivity contribution in [3.05, 3.63) is 82.2 Å². The largest absolute Gasteiger partial charge is 0.416 e. The number of aromatic nitrogens is 2. The van der Waals surface area contributed by atoms with Crippen molar-refractivity contribution < 1.29 is 18.1 Å². The molecule has 7 nitrogen and oxygen atoms in total. The van der Waals surface area contributed by atoms with Gasteiger partial charge in [0.25, 0.3) is 5.69 Å². The SMILES string of the molecule is O=[N+]([O-])c1ccc(NC(=S)Nc2cnn(Cc3cccc(C(F)(F)F)c3)c2)cc1. The van der Waals surface area contributed by atoms with E-state index in [9.17, 15) is 23.3 Å². The van der Waals surface area contributed by atoms with E-state index >= 15 is 0 Å². The molecule has 0 atom stereocenters. The Balaban J connectivity index is 1.60. The van der Waals surface area contributed by atoms with Crippen molar-refractivity contribution in [3.8, 4) is 0 Å². The molecule has 2 N–H and O–H groups in total. The van der Waals surface area contributed by atoms with Crippen LogP contribution in [-0.4, -0.2) is 19.8 Å². The molecule has 0 aliphatic rings. The lowest BCUT2D eigenvalue weighted by atomic mass is 10.1. The fraction of sp³-hybridized carbons (Fsp3) is 0.111. The molecule has 3 aromatic rings. The van der Waals surface area contributed by atoms with E-state index in [1.165, 1.54) is 41.2 Å². The van der Waals surface area contributed by atoms with Crippen LogP contribution in [0.5, 0.6) is 0 Å². The molecular formula is C18H14F3N5O2S. The molecule has 0 bridgehead atoms. The Morgan fingerprint density at radius 3 is 2.48 bits per heavy atom. The van der Waals surface area contributed by atoms with Crippen molar-refractivity contribution >= 4 is 34.4 Å². The van der Waals surface area contributed by atoms with Crippen molar-refractivity contribution in [1.29, 1.82) is 0 Å². The van der Waals surface area contributed by atoms with Crippen LogP contribution < -0.4 is 10.6 Å². The second kappa shape index (κ2) is 8.27. The summed E-state index contributed by atoms with van der Waals surface area (Å²) >= 11 is 5.18. The quantitative estimate of drug-likeness (QED) is 0.354. The molecule has 0 radical (unpaired) electrons. The van der Waals surface area contributed by atoms with Crippen molar-refractivity contribution in [3.63, 3.8) is 0 Å². The van der Waals surface area contributed by atoms with Gasteiger partial charge in [-0.3, -0.25) is 14.8 Å². The molecule has 1 heterocycles. The van der Waals surface area contributed by atoms with Crippen molar-refractivity contribution in [1.82, 2.24) is 9.78 Å². The number of thiocarbonyl (C=S) groups is 1. The second-order valence-electron chi connectivity index (χ2n) is 6.01. The Bertz CT molecular complexity index is 1030. The first kappa shape index (κ1) is 20.3. The van der Waals surface area contributed by atoms with E-state index in [1.54, 1.807) is 12.3 Å². The number of nitro benzene ring substituents is 1. The number of nitrogens with zero attached hydrogens (tertiary/aromatic N) is 3. The highest BCUT2D eigenvalue weighted by Gasteiger charge is 2.30. The Hall–Kier alpha value is -3.47. The number of halogens is 3. The van der Waals surface area contributed by atoms with Crippen molar-refractivity contribution in [2.75, 3.05) is 10.6 Å². The Kier molecular flexibility index (Phi) is 5.78. The minimum atomic E-state index is -4.40. The highest BCUT2D eigenvalue weighted by Crippen LogP contribution is 2.29. The summed E-state index contributed by atoms with van der Waals surface area (Å²) in [5.41, 5.74) is 0.807. The molecule has 0 fully saturated rings. The smallest absolute Gasteiger partial charge is 0.332 e. The number of hydrogen-bond donors (Lipinski definition) is 2. The van der Waals surface area contributed by atoms with E-state index in [0.717, 1.165) is 12.1 Å². The summed E-state index contributed by atoms with van der Waals surface area (Å²) in [4.78, 5) is 10.2. The maximum Gasteiger partial charge on any atom is 0.416 e. The zero-order valence-electron chi connectivity index (χ0n) is 14.7. The molecule has 3 rings (SSSR count). The molecule has 29 heavy (non-hydrogen) atoms. The Morgan fingerprint density at radius 2 is 1.83 bits per heavy atom. The normalized spacial score (nSPS) is 11.1. The first-order chi connectivity index (χ1) is 13.7. The van der Waals surface area contributed by atoms with Gasteiger partial charge in [0.15, 0.2) is 5.11 Å². The molecule has 0 saturated heterocycles. The summed E-state index contributed by atoms with van der Waals surface area (Å²) in [7, 11) is 0. The average Bonchev–Trinajstić information content (AvgIpc) is 3.08. The van der Waals surface area contributed by atoms with Gasteiger partial charge in [0.2, 0.25) is 0 Å². The number of nitrogens with one attached hydrogen (secondary N) is 2. The predicted octanol–water partition coefficient (Wildman–Crippen LogP) is 4.67. The summed E-state index contributed by atoms with van der Waals surface area (Å²) in [6, 6.07) is 10.8. The molecule has 11 heteroatoms. The van der Waals surface area contributed by atoms with Crippen LogP contribution in [0, 0.1) is 10.1 Å². The van der Waals surface area contributed by atoms with Gasteiger partial charge in [0, 0.05) is 24.0 Å². The van der Waals surface area contributed by atoms with Gasteiger partial charge in [-0.05, 0) is 42.0 Å². The van der Waals surface area contributed by atoms with Crippen LogP contribution in [0.3, 0.4) is 0 Å². The van der Waals surface area contributed by atoms with E-state index in [4.69, 9.17) is 12.2 Å². The average molecular weight is 421 g/mol. The van der Waals surface area contributed by atoms with Crippen LogP contribution in [0.15, 0.2) is 60.9 Å². The molecule has 1 aromatic heterocycles. The lowest BCUT2D eigenvalue weighted by molar-refractivity contribution is -0.384. The van der Waals surface area contributed by atoms with Crippen molar-refractivity contribution in [2.45, 2.75) is 12.7 Å². The van der Waals surface area contributed by atoms with Gasteiger partial charge in [0.1, 0.15) is 0 Å². The molecule has 0 aliphatic heterocycles. The molecule has 0 unspecified atom stereocenters. The summed E-state index contributed by atoms with van der Waals surface area (Å²) in [5.74, 6) is 0. The van der Waals surface area contributed by atoms with Gasteiger partial charge in [-0.25, -0.2) is 0 Å². The van der Waals surface area contributed by atoms with Crippen LogP contribution in [0.25, 0.3) is 0 Å². The van der Waals surface area contributed by atoms with Gasteiger partial charge >= 0.3 is 6.18 Å². The lowest BCUT2D eigenvalue weighted by Gasteiger charge is -2.09. The summed E-state index contributed by atoms with van der Waals surface area (Å²) in [6.07, 6.45) is -1.32. The number of nitro groups is 1. The molecule has 0 spiro atoms. The fourth-order valence-corrected chi connectivity index (χ4v) is 2.74. The number of benzene rings is 2. The second-order valence-corrected chi connectivity index (χ2v) is 6.42. The highest BCUT2D eigenvalue weighted by atomic mass is 32.1. The zero-order valence-corrected chi connectivity index (χ0v) is 15.5. The standard InChI is InChI=1S/C18H14F3N5O2S/c19-18(20,21)13-3-1-2-12(8-13)10-25-11-15(9-22-25)24-17(29)23-14-4-6-16(7-5-14)26(27)28/h1-9,11H,10H2,(H2,23,24,29). The molecule has 0 amide bonds. The molecule has 2 aromatic carbocycles. The number of alkyl halides is 3. The predicted molar refractivity (Wildman–Crippen MR) is 106 cm³/mol. The minimum Gasteiger partial charge on any atom is -0.332 e. The first-order valence-corrected chi connectivity index (χ1v) is 8.62.